The van der Waals surface area contributed by atoms with Crippen molar-refractivity contribution in [1.29, 1.82) is 5.26 Å². The van der Waals surface area contributed by atoms with E-state index in [1.165, 1.54) is 18.2 Å². The number of hydrogen-bond donors (Lipinski definition) is 1. The number of unbranched alkanes of at least 4 members (excludes halogenated alkanes) is 1. The fourth-order valence-electron chi connectivity index (χ4n) is 1.43. The molecule has 5 nitrogen and oxygen atoms in total. The van der Waals surface area contributed by atoms with Gasteiger partial charge in [0, 0.05) is 13.2 Å². The monoisotopic (exact) mass is 316 g/mol. The Balaban J connectivity index is 2.57. The van der Waals surface area contributed by atoms with Gasteiger partial charge in [-0.25, -0.2) is 13.1 Å². The first-order valence-corrected chi connectivity index (χ1v) is 8.14. The van der Waals surface area contributed by atoms with Crippen LogP contribution >= 0.6 is 11.6 Å². The van der Waals surface area contributed by atoms with Crippen LogP contribution in [0.15, 0.2) is 23.1 Å². The van der Waals surface area contributed by atoms with Crippen molar-refractivity contribution < 1.29 is 13.2 Å². The summed E-state index contributed by atoms with van der Waals surface area (Å²) in [6.07, 6.45) is 1.99. The zero-order valence-electron chi connectivity index (χ0n) is 11.2. The van der Waals surface area contributed by atoms with E-state index in [-0.39, 0.29) is 22.0 Å². The van der Waals surface area contributed by atoms with Crippen LogP contribution in [-0.4, -0.2) is 28.2 Å². The van der Waals surface area contributed by atoms with Crippen LogP contribution in [-0.2, 0) is 14.8 Å². The molecule has 0 radical (unpaired) electrons. The highest BCUT2D eigenvalue weighted by Gasteiger charge is 2.15. The van der Waals surface area contributed by atoms with E-state index < -0.39 is 10.0 Å². The number of sulfonamides is 1. The average Bonchev–Trinajstić information content (AvgIpc) is 2.42. The number of halogens is 1. The van der Waals surface area contributed by atoms with Crippen molar-refractivity contribution in [3.05, 3.63) is 28.8 Å². The molecule has 7 heteroatoms. The molecule has 0 fully saturated rings. The second kappa shape index (κ2) is 8.22. The van der Waals surface area contributed by atoms with Gasteiger partial charge in [-0.1, -0.05) is 24.9 Å². The molecular formula is C13H17ClN2O3S. The van der Waals surface area contributed by atoms with E-state index in [9.17, 15) is 8.42 Å². The standard InChI is InChI=1S/C13H17ClN2O3S/c1-2-3-7-19-8-6-16-20(17,18)12-5-4-11(10-15)13(14)9-12/h4-5,9,16H,2-3,6-8H2,1H3. The maximum absolute atomic E-state index is 12.0. The summed E-state index contributed by atoms with van der Waals surface area (Å²) in [6.45, 7) is 3.20. The highest BCUT2D eigenvalue weighted by Crippen LogP contribution is 2.19. The molecule has 20 heavy (non-hydrogen) atoms. The lowest BCUT2D eigenvalue weighted by molar-refractivity contribution is 0.136. The first kappa shape index (κ1) is 16.9. The summed E-state index contributed by atoms with van der Waals surface area (Å²) in [6, 6.07) is 5.88. The molecule has 0 unspecified atom stereocenters. The van der Waals surface area contributed by atoms with Crippen LogP contribution in [0.5, 0.6) is 0 Å². The minimum atomic E-state index is -3.62. The molecule has 0 saturated heterocycles. The normalized spacial score (nSPS) is 11.2. The van der Waals surface area contributed by atoms with Crippen molar-refractivity contribution >= 4 is 21.6 Å². The van der Waals surface area contributed by atoms with E-state index in [4.69, 9.17) is 21.6 Å². The van der Waals surface area contributed by atoms with Crippen LogP contribution in [0.4, 0.5) is 0 Å². The lowest BCUT2D eigenvalue weighted by Gasteiger charge is -2.08. The molecule has 1 rings (SSSR count). The first-order chi connectivity index (χ1) is 9.51. The number of rotatable bonds is 8. The summed E-state index contributed by atoms with van der Waals surface area (Å²) in [4.78, 5) is 0.0371. The maximum atomic E-state index is 12.0. The van der Waals surface area contributed by atoms with Gasteiger partial charge in [-0.3, -0.25) is 0 Å². The van der Waals surface area contributed by atoms with E-state index in [2.05, 4.69) is 11.6 Å². The number of ether oxygens (including phenoxy) is 1. The topological polar surface area (TPSA) is 79.2 Å². The number of benzene rings is 1. The molecular weight excluding hydrogens is 300 g/mol. The third-order valence-electron chi connectivity index (χ3n) is 2.55. The number of nitrogens with one attached hydrogen (secondary N) is 1. The van der Waals surface area contributed by atoms with Crippen molar-refractivity contribution in [2.75, 3.05) is 19.8 Å². The van der Waals surface area contributed by atoms with Crippen LogP contribution in [0, 0.1) is 11.3 Å². The lowest BCUT2D eigenvalue weighted by atomic mass is 10.2. The third kappa shape index (κ3) is 5.10. The van der Waals surface area contributed by atoms with Crippen LogP contribution in [0.25, 0.3) is 0 Å². The fourth-order valence-corrected chi connectivity index (χ4v) is 2.76. The molecule has 110 valence electrons. The predicted octanol–water partition coefficient (Wildman–Crippen LogP) is 2.31. The average molecular weight is 317 g/mol. The number of nitrogens with zero attached hydrogens (tertiary/aromatic N) is 1. The summed E-state index contributed by atoms with van der Waals surface area (Å²) in [5.41, 5.74) is 0.244. The molecule has 0 bridgehead atoms. The van der Waals surface area contributed by atoms with Crippen molar-refractivity contribution in [3.63, 3.8) is 0 Å². The van der Waals surface area contributed by atoms with Crippen LogP contribution in [0.1, 0.15) is 25.3 Å². The zero-order valence-corrected chi connectivity index (χ0v) is 12.8. The van der Waals surface area contributed by atoms with Gasteiger partial charge in [0.2, 0.25) is 10.0 Å². The van der Waals surface area contributed by atoms with Gasteiger partial charge in [0.25, 0.3) is 0 Å². The summed E-state index contributed by atoms with van der Waals surface area (Å²) in [5, 5.41) is 8.86. The van der Waals surface area contributed by atoms with Gasteiger partial charge in [0.15, 0.2) is 0 Å². The second-order valence-corrected chi connectivity index (χ2v) is 6.29. The molecule has 1 N–H and O–H groups in total. The Kier molecular flexibility index (Phi) is 6.96. The highest BCUT2D eigenvalue weighted by atomic mass is 35.5. The largest absolute Gasteiger partial charge is 0.380 e. The summed E-state index contributed by atoms with van der Waals surface area (Å²) in [5.74, 6) is 0. The SMILES string of the molecule is CCCCOCCNS(=O)(=O)c1ccc(C#N)c(Cl)c1. The molecule has 1 aromatic rings. The molecule has 0 heterocycles. The van der Waals surface area contributed by atoms with Gasteiger partial charge in [0.05, 0.1) is 22.1 Å². The molecule has 0 spiro atoms. The van der Waals surface area contributed by atoms with Gasteiger partial charge in [-0.05, 0) is 24.6 Å². The van der Waals surface area contributed by atoms with Gasteiger partial charge >= 0.3 is 0 Å². The molecule has 0 aliphatic rings. The quantitative estimate of drug-likeness (QED) is 0.746. The minimum absolute atomic E-state index is 0.0371. The van der Waals surface area contributed by atoms with E-state index in [0.29, 0.717) is 13.2 Å². The molecule has 1 aromatic carbocycles. The van der Waals surface area contributed by atoms with Crippen molar-refractivity contribution in [2.24, 2.45) is 0 Å². The van der Waals surface area contributed by atoms with E-state index in [1.807, 2.05) is 6.07 Å². The summed E-state index contributed by atoms with van der Waals surface area (Å²) < 4.78 is 31.6. The van der Waals surface area contributed by atoms with Gasteiger partial charge in [-0.15, -0.1) is 0 Å². The Labute approximate surface area is 124 Å². The Hall–Kier alpha value is -1.13. The Morgan fingerprint density at radius 3 is 2.75 bits per heavy atom. The van der Waals surface area contributed by atoms with Crippen molar-refractivity contribution in [3.8, 4) is 6.07 Å². The molecule has 0 amide bonds. The predicted molar refractivity (Wildman–Crippen MR) is 77.1 cm³/mol. The molecule has 0 aromatic heterocycles. The Morgan fingerprint density at radius 1 is 1.40 bits per heavy atom. The minimum Gasteiger partial charge on any atom is -0.380 e. The van der Waals surface area contributed by atoms with Crippen LogP contribution < -0.4 is 4.72 Å². The summed E-state index contributed by atoms with van der Waals surface area (Å²) in [7, 11) is -3.62. The Morgan fingerprint density at radius 2 is 2.15 bits per heavy atom. The van der Waals surface area contributed by atoms with E-state index >= 15 is 0 Å². The number of hydrogen-bond acceptors (Lipinski definition) is 4. The van der Waals surface area contributed by atoms with Crippen LogP contribution in [0.3, 0.4) is 0 Å². The summed E-state index contributed by atoms with van der Waals surface area (Å²) >= 11 is 5.81. The third-order valence-corrected chi connectivity index (χ3v) is 4.32. The highest BCUT2D eigenvalue weighted by molar-refractivity contribution is 7.89. The molecule has 0 aliphatic carbocycles. The first-order valence-electron chi connectivity index (χ1n) is 6.28. The van der Waals surface area contributed by atoms with E-state index in [1.54, 1.807) is 0 Å². The van der Waals surface area contributed by atoms with Crippen LogP contribution in [0.2, 0.25) is 5.02 Å². The lowest BCUT2D eigenvalue weighted by Crippen LogP contribution is -2.27. The fraction of sp³-hybridized carbons (Fsp3) is 0.462. The molecule has 0 saturated carbocycles. The van der Waals surface area contributed by atoms with E-state index in [0.717, 1.165) is 12.8 Å². The van der Waals surface area contributed by atoms with Crippen molar-refractivity contribution in [1.82, 2.24) is 4.72 Å². The molecule has 0 aliphatic heterocycles. The smallest absolute Gasteiger partial charge is 0.240 e. The van der Waals surface area contributed by atoms with Gasteiger partial charge in [0.1, 0.15) is 6.07 Å². The second-order valence-electron chi connectivity index (χ2n) is 4.12. The maximum Gasteiger partial charge on any atom is 0.240 e. The van der Waals surface area contributed by atoms with Gasteiger partial charge in [-0.2, -0.15) is 5.26 Å². The Bertz CT molecular complexity index is 582. The van der Waals surface area contributed by atoms with Gasteiger partial charge < -0.3 is 4.74 Å². The van der Waals surface area contributed by atoms with Crippen molar-refractivity contribution in [2.45, 2.75) is 24.7 Å². The zero-order chi connectivity index (χ0) is 15.0. The number of nitriles is 1. The molecule has 0 atom stereocenters.